The number of rotatable bonds is 7. The van der Waals surface area contributed by atoms with Crippen LogP contribution in [0.15, 0.2) is 30.9 Å². The molecule has 2 aliphatic rings. The normalized spacial score (nSPS) is 19.7. The van der Waals surface area contributed by atoms with Crippen molar-refractivity contribution in [2.75, 3.05) is 49.2 Å². The summed E-state index contributed by atoms with van der Waals surface area (Å²) in [5.74, 6) is -0.506. The van der Waals surface area contributed by atoms with Gasteiger partial charge in [-0.15, -0.1) is 6.58 Å². The van der Waals surface area contributed by atoms with Gasteiger partial charge in [0.1, 0.15) is 11.9 Å². The van der Waals surface area contributed by atoms with Crippen LogP contribution in [-0.4, -0.2) is 57.5 Å². The molecule has 0 aliphatic carbocycles. The van der Waals surface area contributed by atoms with E-state index in [-0.39, 0.29) is 24.8 Å². The van der Waals surface area contributed by atoms with Crippen molar-refractivity contribution in [1.29, 1.82) is 0 Å². The third-order valence-electron chi connectivity index (χ3n) is 4.57. The highest BCUT2D eigenvalue weighted by atomic mass is 19.1. The molecule has 7 nitrogen and oxygen atoms in total. The number of morpholine rings is 1. The van der Waals surface area contributed by atoms with Gasteiger partial charge in [-0.3, -0.25) is 9.69 Å². The van der Waals surface area contributed by atoms with Gasteiger partial charge in [0, 0.05) is 19.5 Å². The number of halogens is 1. The molecule has 1 N–H and O–H groups in total. The number of carbonyl (C=O) groups is 2. The fourth-order valence-electron chi connectivity index (χ4n) is 3.11. The van der Waals surface area contributed by atoms with Crippen LogP contribution >= 0.6 is 0 Å². The van der Waals surface area contributed by atoms with E-state index in [2.05, 4.69) is 11.9 Å². The van der Waals surface area contributed by atoms with Crippen LogP contribution in [0, 0.1) is 5.82 Å². The Morgan fingerprint density at radius 1 is 1.37 bits per heavy atom. The maximum Gasteiger partial charge on any atom is 0.414 e. The van der Waals surface area contributed by atoms with E-state index in [1.807, 2.05) is 4.90 Å². The van der Waals surface area contributed by atoms with Gasteiger partial charge in [0.15, 0.2) is 0 Å². The van der Waals surface area contributed by atoms with Crippen molar-refractivity contribution in [2.24, 2.45) is 0 Å². The molecule has 8 heteroatoms. The second-order valence-corrected chi connectivity index (χ2v) is 6.48. The molecule has 2 amide bonds. The number of benzene rings is 1. The van der Waals surface area contributed by atoms with E-state index in [4.69, 9.17) is 9.47 Å². The molecule has 0 radical (unpaired) electrons. The molecule has 0 saturated carbocycles. The number of nitrogens with zero attached hydrogens (tertiary/aromatic N) is 2. The van der Waals surface area contributed by atoms with E-state index in [9.17, 15) is 14.0 Å². The number of cyclic esters (lactones) is 1. The van der Waals surface area contributed by atoms with E-state index < -0.39 is 12.2 Å². The summed E-state index contributed by atoms with van der Waals surface area (Å²) < 4.78 is 25.1. The van der Waals surface area contributed by atoms with E-state index in [1.54, 1.807) is 18.2 Å². The molecular formula is C19H24FN3O4. The highest BCUT2D eigenvalue weighted by Crippen LogP contribution is 2.28. The van der Waals surface area contributed by atoms with Crippen molar-refractivity contribution >= 4 is 23.4 Å². The monoisotopic (exact) mass is 377 g/mol. The molecule has 2 aliphatic heterocycles. The Morgan fingerprint density at radius 3 is 2.85 bits per heavy atom. The molecule has 3 rings (SSSR count). The fourth-order valence-corrected chi connectivity index (χ4v) is 3.11. The average Bonchev–Trinajstić information content (AvgIpc) is 3.06. The third-order valence-corrected chi connectivity index (χ3v) is 4.57. The number of carbonyl (C=O) groups excluding carboxylic acids is 2. The van der Waals surface area contributed by atoms with Gasteiger partial charge < -0.3 is 19.7 Å². The second-order valence-electron chi connectivity index (χ2n) is 6.48. The summed E-state index contributed by atoms with van der Waals surface area (Å²) in [5, 5.41) is 2.73. The van der Waals surface area contributed by atoms with Crippen LogP contribution in [0.1, 0.15) is 12.8 Å². The average molecular weight is 377 g/mol. The minimum absolute atomic E-state index is 0.120. The third kappa shape index (κ3) is 4.77. The highest BCUT2D eigenvalue weighted by molar-refractivity contribution is 5.90. The zero-order valence-electron chi connectivity index (χ0n) is 15.2. The first-order chi connectivity index (χ1) is 13.1. The van der Waals surface area contributed by atoms with E-state index in [0.717, 1.165) is 0 Å². The number of anilines is 2. The molecule has 0 bridgehead atoms. The number of hydrogen-bond acceptors (Lipinski definition) is 5. The van der Waals surface area contributed by atoms with Crippen LogP contribution in [0.2, 0.25) is 0 Å². The molecule has 2 fully saturated rings. The first kappa shape index (κ1) is 19.2. The zero-order chi connectivity index (χ0) is 19.2. The Balaban J connectivity index is 1.59. The molecule has 146 valence electrons. The lowest BCUT2D eigenvalue weighted by atomic mass is 10.2. The quantitative estimate of drug-likeness (QED) is 0.737. The van der Waals surface area contributed by atoms with Crippen molar-refractivity contribution in [2.45, 2.75) is 18.9 Å². The van der Waals surface area contributed by atoms with Gasteiger partial charge in [0.05, 0.1) is 37.7 Å². The van der Waals surface area contributed by atoms with E-state index in [1.165, 1.54) is 11.0 Å². The van der Waals surface area contributed by atoms with E-state index >= 15 is 0 Å². The van der Waals surface area contributed by atoms with Crippen LogP contribution in [0.25, 0.3) is 0 Å². The Hall–Kier alpha value is -2.61. The number of amides is 2. The van der Waals surface area contributed by atoms with Gasteiger partial charge in [-0.25, -0.2) is 9.18 Å². The second kappa shape index (κ2) is 8.85. The van der Waals surface area contributed by atoms with Gasteiger partial charge in [-0.05, 0) is 24.6 Å². The maximum absolute atomic E-state index is 14.6. The molecule has 2 heterocycles. The summed E-state index contributed by atoms with van der Waals surface area (Å²) in [4.78, 5) is 27.1. The number of nitrogens with one attached hydrogen (secondary N) is 1. The van der Waals surface area contributed by atoms with Crippen molar-refractivity contribution in [3.05, 3.63) is 36.7 Å². The number of hydrogen-bond donors (Lipinski definition) is 1. The Morgan fingerprint density at radius 2 is 2.15 bits per heavy atom. The largest absolute Gasteiger partial charge is 0.442 e. The molecule has 27 heavy (non-hydrogen) atoms. The van der Waals surface area contributed by atoms with Crippen molar-refractivity contribution in [1.82, 2.24) is 5.32 Å². The first-order valence-corrected chi connectivity index (χ1v) is 9.06. The highest BCUT2D eigenvalue weighted by Gasteiger charge is 2.33. The summed E-state index contributed by atoms with van der Waals surface area (Å²) in [6, 6.07) is 4.73. The fraction of sp³-hybridized carbons (Fsp3) is 0.474. The molecule has 0 spiro atoms. The molecule has 1 aromatic carbocycles. The number of allylic oxidation sites excluding steroid dienone is 1. The van der Waals surface area contributed by atoms with Crippen LogP contribution in [0.4, 0.5) is 20.6 Å². The Labute approximate surface area is 157 Å². The summed E-state index contributed by atoms with van der Waals surface area (Å²) in [6.45, 7) is 6.47. The SMILES string of the molecule is C=CCCC(=O)NC[C@H]1CN(c2ccc(N3CCOCC3)c(F)c2)C(=O)O1. The zero-order valence-corrected chi connectivity index (χ0v) is 15.2. The maximum atomic E-state index is 14.6. The van der Waals surface area contributed by atoms with Gasteiger partial charge in [-0.1, -0.05) is 6.08 Å². The standard InChI is InChI=1S/C19H24FN3O4/c1-2-3-4-18(24)21-12-15-13-23(19(25)27-15)14-5-6-17(16(20)11-14)22-7-9-26-10-8-22/h2,5-6,11,15H,1,3-4,7-10,12-13H2,(H,21,24)/t15-/m0/s1. The van der Waals surface area contributed by atoms with Crippen LogP contribution in [0.3, 0.4) is 0 Å². The van der Waals surface area contributed by atoms with Gasteiger partial charge >= 0.3 is 6.09 Å². The molecular weight excluding hydrogens is 353 g/mol. The first-order valence-electron chi connectivity index (χ1n) is 9.06. The van der Waals surface area contributed by atoms with Gasteiger partial charge in [0.25, 0.3) is 0 Å². The van der Waals surface area contributed by atoms with Crippen LogP contribution in [-0.2, 0) is 14.3 Å². The minimum atomic E-state index is -0.543. The molecule has 0 aromatic heterocycles. The Kier molecular flexibility index (Phi) is 6.28. The molecule has 2 saturated heterocycles. The van der Waals surface area contributed by atoms with Gasteiger partial charge in [0.2, 0.25) is 5.91 Å². The minimum Gasteiger partial charge on any atom is -0.442 e. The topological polar surface area (TPSA) is 71.1 Å². The van der Waals surface area contributed by atoms with Crippen molar-refractivity contribution in [3.63, 3.8) is 0 Å². The molecule has 1 atom stereocenters. The summed E-state index contributed by atoms with van der Waals surface area (Å²) in [6.07, 6.45) is 1.61. The van der Waals surface area contributed by atoms with E-state index in [0.29, 0.717) is 50.5 Å². The van der Waals surface area contributed by atoms with Crippen molar-refractivity contribution in [3.8, 4) is 0 Å². The summed E-state index contributed by atoms with van der Waals surface area (Å²) in [7, 11) is 0. The van der Waals surface area contributed by atoms with Crippen molar-refractivity contribution < 1.29 is 23.5 Å². The smallest absolute Gasteiger partial charge is 0.414 e. The lowest BCUT2D eigenvalue weighted by Gasteiger charge is -2.29. The number of ether oxygens (including phenoxy) is 2. The Bertz CT molecular complexity index is 706. The molecule has 1 aromatic rings. The van der Waals surface area contributed by atoms with Crippen LogP contribution in [0.5, 0.6) is 0 Å². The lowest BCUT2D eigenvalue weighted by Crippen LogP contribution is -2.37. The van der Waals surface area contributed by atoms with Gasteiger partial charge in [-0.2, -0.15) is 0 Å². The predicted octanol–water partition coefficient (Wildman–Crippen LogP) is 2.07. The molecule has 0 unspecified atom stereocenters. The predicted molar refractivity (Wildman–Crippen MR) is 99.5 cm³/mol. The lowest BCUT2D eigenvalue weighted by molar-refractivity contribution is -0.121. The summed E-state index contributed by atoms with van der Waals surface area (Å²) in [5.41, 5.74) is 0.940. The van der Waals surface area contributed by atoms with Crippen LogP contribution < -0.4 is 15.1 Å². The summed E-state index contributed by atoms with van der Waals surface area (Å²) >= 11 is 0.